The van der Waals surface area contributed by atoms with Crippen LogP contribution in [0.15, 0.2) is 47.7 Å². The van der Waals surface area contributed by atoms with Crippen molar-refractivity contribution in [2.75, 3.05) is 0 Å². The second-order valence-electron chi connectivity index (χ2n) is 4.69. The summed E-state index contributed by atoms with van der Waals surface area (Å²) in [6.45, 7) is 1.92. The predicted octanol–water partition coefficient (Wildman–Crippen LogP) is 2.90. The SMILES string of the molecule is Cc1ccc(-c2n[nH]c(=S)n2N=Cc2ccc(O)cc2)cn1. The van der Waals surface area contributed by atoms with Crippen molar-refractivity contribution in [1.82, 2.24) is 19.9 Å². The number of aryl methyl sites for hydroxylation is 1. The smallest absolute Gasteiger partial charge is 0.216 e. The first-order chi connectivity index (χ1) is 10.6. The van der Waals surface area contributed by atoms with Crippen LogP contribution in [-0.4, -0.2) is 31.2 Å². The third kappa shape index (κ3) is 2.94. The second-order valence-corrected chi connectivity index (χ2v) is 5.08. The number of hydrogen-bond acceptors (Lipinski definition) is 5. The van der Waals surface area contributed by atoms with Gasteiger partial charge in [-0.15, -0.1) is 0 Å². The van der Waals surface area contributed by atoms with E-state index in [2.05, 4.69) is 20.3 Å². The first-order valence-corrected chi connectivity index (χ1v) is 6.98. The highest BCUT2D eigenvalue weighted by molar-refractivity contribution is 7.71. The van der Waals surface area contributed by atoms with E-state index in [4.69, 9.17) is 12.2 Å². The van der Waals surface area contributed by atoms with E-state index in [9.17, 15) is 5.11 Å². The van der Waals surface area contributed by atoms with Gasteiger partial charge in [0.1, 0.15) is 5.75 Å². The summed E-state index contributed by atoms with van der Waals surface area (Å²) in [6, 6.07) is 10.5. The van der Waals surface area contributed by atoms with Gasteiger partial charge in [0.05, 0.1) is 6.21 Å². The lowest BCUT2D eigenvalue weighted by atomic mass is 10.2. The van der Waals surface area contributed by atoms with Gasteiger partial charge in [0.25, 0.3) is 0 Å². The maximum atomic E-state index is 9.28. The Balaban J connectivity index is 1.97. The van der Waals surface area contributed by atoms with Crippen molar-refractivity contribution in [3.8, 4) is 17.1 Å². The van der Waals surface area contributed by atoms with Crippen LogP contribution in [-0.2, 0) is 0 Å². The van der Waals surface area contributed by atoms with Crippen LogP contribution in [0, 0.1) is 11.7 Å². The molecule has 6 nitrogen and oxygen atoms in total. The Bertz CT molecular complexity index is 862. The number of nitrogens with zero attached hydrogens (tertiary/aromatic N) is 4. The van der Waals surface area contributed by atoms with Gasteiger partial charge in [-0.25, -0.2) is 5.10 Å². The van der Waals surface area contributed by atoms with Gasteiger partial charge in [-0.3, -0.25) is 4.98 Å². The lowest BCUT2D eigenvalue weighted by Crippen LogP contribution is -1.95. The Kier molecular flexibility index (Phi) is 3.80. The number of phenolic OH excluding ortho intramolecular Hbond substituents is 1. The minimum Gasteiger partial charge on any atom is -0.508 e. The molecule has 3 rings (SSSR count). The van der Waals surface area contributed by atoms with Crippen LogP contribution in [0.5, 0.6) is 5.75 Å². The number of pyridine rings is 1. The molecule has 0 atom stereocenters. The highest BCUT2D eigenvalue weighted by Crippen LogP contribution is 2.16. The summed E-state index contributed by atoms with van der Waals surface area (Å²) in [7, 11) is 0. The van der Waals surface area contributed by atoms with Crippen molar-refractivity contribution in [2.24, 2.45) is 5.10 Å². The van der Waals surface area contributed by atoms with Gasteiger partial charge < -0.3 is 5.11 Å². The molecule has 0 saturated carbocycles. The van der Waals surface area contributed by atoms with Crippen LogP contribution < -0.4 is 0 Å². The standard InChI is InChI=1S/C15H13N5OS/c1-10-2-5-12(9-16-10)14-18-19-15(22)20(14)17-8-11-3-6-13(21)7-4-11/h2-9,21H,1H3,(H,19,22). The normalized spacial score (nSPS) is 11.1. The summed E-state index contributed by atoms with van der Waals surface area (Å²) in [4.78, 5) is 4.25. The molecule has 3 aromatic rings. The molecule has 2 N–H and O–H groups in total. The molecular weight excluding hydrogens is 298 g/mol. The molecule has 0 unspecified atom stereocenters. The molecule has 0 aliphatic heterocycles. The number of aromatic hydroxyl groups is 1. The lowest BCUT2D eigenvalue weighted by Gasteiger charge is -2.01. The lowest BCUT2D eigenvalue weighted by molar-refractivity contribution is 0.475. The largest absolute Gasteiger partial charge is 0.508 e. The number of benzene rings is 1. The van der Waals surface area contributed by atoms with Crippen molar-refractivity contribution in [1.29, 1.82) is 0 Å². The zero-order chi connectivity index (χ0) is 15.5. The topological polar surface area (TPSA) is 79.1 Å². The average Bonchev–Trinajstić information content (AvgIpc) is 2.89. The molecule has 0 aliphatic rings. The molecule has 2 heterocycles. The highest BCUT2D eigenvalue weighted by atomic mass is 32.1. The van der Waals surface area contributed by atoms with E-state index in [0.29, 0.717) is 10.6 Å². The predicted molar refractivity (Wildman–Crippen MR) is 86.5 cm³/mol. The Morgan fingerprint density at radius 2 is 2.00 bits per heavy atom. The third-order valence-electron chi connectivity index (χ3n) is 3.04. The van der Waals surface area contributed by atoms with Crippen molar-refractivity contribution < 1.29 is 5.11 Å². The minimum absolute atomic E-state index is 0.212. The van der Waals surface area contributed by atoms with Crippen LogP contribution >= 0.6 is 12.2 Å². The Morgan fingerprint density at radius 3 is 2.68 bits per heavy atom. The van der Waals surface area contributed by atoms with Gasteiger partial charge in [-0.05, 0) is 61.1 Å². The van der Waals surface area contributed by atoms with Crippen molar-refractivity contribution in [2.45, 2.75) is 6.92 Å². The van der Waals surface area contributed by atoms with Crippen LogP contribution in [0.3, 0.4) is 0 Å². The molecule has 0 fully saturated rings. The van der Waals surface area contributed by atoms with E-state index in [-0.39, 0.29) is 5.75 Å². The molecule has 0 spiro atoms. The number of aromatic amines is 1. The van der Waals surface area contributed by atoms with E-state index >= 15 is 0 Å². The van der Waals surface area contributed by atoms with Gasteiger partial charge in [0, 0.05) is 17.5 Å². The molecule has 7 heteroatoms. The molecule has 0 amide bonds. The molecule has 0 aliphatic carbocycles. The zero-order valence-electron chi connectivity index (χ0n) is 11.8. The molecular formula is C15H13N5OS. The number of hydrogen-bond donors (Lipinski definition) is 2. The maximum absolute atomic E-state index is 9.28. The van der Waals surface area contributed by atoms with Gasteiger partial charge in [0.2, 0.25) is 4.77 Å². The monoisotopic (exact) mass is 311 g/mol. The minimum atomic E-state index is 0.212. The highest BCUT2D eigenvalue weighted by Gasteiger charge is 2.08. The molecule has 1 aromatic carbocycles. The van der Waals surface area contributed by atoms with Crippen LogP contribution in [0.25, 0.3) is 11.4 Å². The number of nitrogens with one attached hydrogen (secondary N) is 1. The van der Waals surface area contributed by atoms with Crippen molar-refractivity contribution in [3.63, 3.8) is 0 Å². The van der Waals surface area contributed by atoms with E-state index in [0.717, 1.165) is 16.8 Å². The summed E-state index contributed by atoms with van der Waals surface area (Å²) in [5, 5.41) is 20.6. The molecule has 2 aromatic heterocycles. The third-order valence-corrected chi connectivity index (χ3v) is 3.30. The molecule has 110 valence electrons. The van der Waals surface area contributed by atoms with E-state index in [1.807, 2.05) is 19.1 Å². The summed E-state index contributed by atoms with van der Waals surface area (Å²) in [5.41, 5.74) is 2.59. The quantitative estimate of drug-likeness (QED) is 0.576. The summed E-state index contributed by atoms with van der Waals surface area (Å²) >= 11 is 5.21. The molecule has 0 radical (unpaired) electrons. The van der Waals surface area contributed by atoms with E-state index in [1.165, 1.54) is 4.68 Å². The number of H-pyrrole nitrogens is 1. The van der Waals surface area contributed by atoms with Crippen LogP contribution in [0.4, 0.5) is 0 Å². The van der Waals surface area contributed by atoms with Gasteiger partial charge in [0.15, 0.2) is 5.82 Å². The van der Waals surface area contributed by atoms with Crippen LogP contribution in [0.2, 0.25) is 0 Å². The van der Waals surface area contributed by atoms with Crippen LogP contribution in [0.1, 0.15) is 11.3 Å². The summed E-state index contributed by atoms with van der Waals surface area (Å²) in [6.07, 6.45) is 3.38. The zero-order valence-corrected chi connectivity index (χ0v) is 12.6. The van der Waals surface area contributed by atoms with E-state index in [1.54, 1.807) is 36.7 Å². The first-order valence-electron chi connectivity index (χ1n) is 6.57. The maximum Gasteiger partial charge on any atom is 0.216 e. The number of rotatable bonds is 3. The average molecular weight is 311 g/mol. The Morgan fingerprint density at radius 1 is 1.23 bits per heavy atom. The molecule has 22 heavy (non-hydrogen) atoms. The second kappa shape index (κ2) is 5.90. The van der Waals surface area contributed by atoms with Crippen molar-refractivity contribution in [3.05, 3.63) is 58.6 Å². The van der Waals surface area contributed by atoms with Gasteiger partial charge in [-0.1, -0.05) is 0 Å². The fourth-order valence-corrected chi connectivity index (χ4v) is 2.05. The van der Waals surface area contributed by atoms with Gasteiger partial charge in [-0.2, -0.15) is 14.9 Å². The summed E-state index contributed by atoms with van der Waals surface area (Å²) in [5.74, 6) is 0.802. The Hall–Kier alpha value is -2.80. The number of aromatic nitrogens is 4. The molecule has 0 bridgehead atoms. The first kappa shape index (κ1) is 14.2. The summed E-state index contributed by atoms with van der Waals surface area (Å²) < 4.78 is 1.93. The Labute approximate surface area is 131 Å². The fourth-order valence-electron chi connectivity index (χ4n) is 1.87. The van der Waals surface area contributed by atoms with Crippen molar-refractivity contribution >= 4 is 18.4 Å². The van der Waals surface area contributed by atoms with Gasteiger partial charge >= 0.3 is 0 Å². The number of phenols is 1. The molecule has 0 saturated heterocycles. The fraction of sp³-hybridized carbons (Fsp3) is 0.0667. The van der Waals surface area contributed by atoms with E-state index < -0.39 is 0 Å².